The zero-order chi connectivity index (χ0) is 11.7. The van der Waals surface area contributed by atoms with Gasteiger partial charge in [-0.3, -0.25) is 0 Å². The highest BCUT2D eigenvalue weighted by molar-refractivity contribution is 7.08. The molecule has 1 nitrogen and oxygen atoms in total. The molecule has 0 saturated carbocycles. The van der Waals surface area contributed by atoms with Gasteiger partial charge in [0.15, 0.2) is 0 Å². The third-order valence-electron chi connectivity index (χ3n) is 2.99. The van der Waals surface area contributed by atoms with E-state index in [0.29, 0.717) is 0 Å². The lowest BCUT2D eigenvalue weighted by Gasteiger charge is -2.15. The predicted octanol–water partition coefficient (Wildman–Crippen LogP) is 3.72. The van der Waals surface area contributed by atoms with Crippen LogP contribution in [0.15, 0.2) is 29.0 Å². The highest BCUT2D eigenvalue weighted by Crippen LogP contribution is 2.27. The van der Waals surface area contributed by atoms with Crippen LogP contribution in [-0.4, -0.2) is 0 Å². The normalized spacial score (nSPS) is 12.8. The van der Waals surface area contributed by atoms with Gasteiger partial charge in [-0.25, -0.2) is 0 Å². The van der Waals surface area contributed by atoms with Crippen LogP contribution in [0.25, 0.3) is 0 Å². The van der Waals surface area contributed by atoms with Crippen LogP contribution >= 0.6 is 11.3 Å². The second kappa shape index (κ2) is 4.40. The molecule has 1 unspecified atom stereocenters. The summed E-state index contributed by atoms with van der Waals surface area (Å²) in [4.78, 5) is 0. The molecule has 0 bridgehead atoms. The first-order chi connectivity index (χ1) is 7.59. The minimum absolute atomic E-state index is 0.00634. The molecule has 2 N–H and O–H groups in total. The van der Waals surface area contributed by atoms with Crippen LogP contribution in [-0.2, 0) is 0 Å². The molecule has 0 aliphatic carbocycles. The summed E-state index contributed by atoms with van der Waals surface area (Å²) in [6.45, 7) is 6.36. The van der Waals surface area contributed by atoms with Gasteiger partial charge in [0.25, 0.3) is 0 Å². The van der Waals surface area contributed by atoms with Crippen molar-refractivity contribution in [1.82, 2.24) is 0 Å². The second-order valence-electron chi connectivity index (χ2n) is 4.35. The first-order valence-corrected chi connectivity index (χ1v) is 6.39. The van der Waals surface area contributed by atoms with Crippen molar-refractivity contribution < 1.29 is 0 Å². The molecule has 2 heteroatoms. The smallest absolute Gasteiger partial charge is 0.0565 e. The molecular weight excluding hydrogens is 214 g/mol. The first kappa shape index (κ1) is 11.4. The third kappa shape index (κ3) is 2.04. The Balaban J connectivity index is 2.41. The van der Waals surface area contributed by atoms with Crippen molar-refractivity contribution in [2.24, 2.45) is 5.73 Å². The van der Waals surface area contributed by atoms with Gasteiger partial charge in [-0.1, -0.05) is 23.8 Å². The minimum atomic E-state index is 0.00634. The van der Waals surface area contributed by atoms with Gasteiger partial charge >= 0.3 is 0 Å². The van der Waals surface area contributed by atoms with E-state index in [4.69, 9.17) is 5.73 Å². The SMILES string of the molecule is Cc1ccc(C(N)c2cscc2C)c(C)c1. The molecule has 1 heterocycles. The lowest BCUT2D eigenvalue weighted by molar-refractivity contribution is 0.857. The van der Waals surface area contributed by atoms with E-state index in [9.17, 15) is 0 Å². The largest absolute Gasteiger partial charge is 0.320 e. The lowest BCUT2D eigenvalue weighted by atomic mass is 9.94. The van der Waals surface area contributed by atoms with Crippen LogP contribution in [0, 0.1) is 20.8 Å². The Kier molecular flexibility index (Phi) is 3.13. The Morgan fingerprint density at radius 1 is 1.00 bits per heavy atom. The van der Waals surface area contributed by atoms with Gasteiger partial charge in [-0.05, 0) is 53.8 Å². The van der Waals surface area contributed by atoms with Gasteiger partial charge in [-0.15, -0.1) is 0 Å². The summed E-state index contributed by atoms with van der Waals surface area (Å²) in [5.74, 6) is 0. The molecule has 1 atom stereocenters. The zero-order valence-corrected chi connectivity index (χ0v) is 10.8. The molecule has 0 radical (unpaired) electrons. The molecule has 1 aromatic heterocycles. The standard InChI is InChI=1S/C14H17NS/c1-9-4-5-12(10(2)6-9)14(15)13-8-16-7-11(13)3/h4-8,14H,15H2,1-3H3. The molecule has 2 aromatic rings. The number of benzene rings is 1. The number of rotatable bonds is 2. The maximum absolute atomic E-state index is 6.32. The van der Waals surface area contributed by atoms with Crippen molar-refractivity contribution in [2.75, 3.05) is 0 Å². The fourth-order valence-electron chi connectivity index (χ4n) is 2.03. The second-order valence-corrected chi connectivity index (χ2v) is 5.09. The summed E-state index contributed by atoms with van der Waals surface area (Å²) < 4.78 is 0. The monoisotopic (exact) mass is 231 g/mol. The molecule has 16 heavy (non-hydrogen) atoms. The molecule has 0 spiro atoms. The fourth-order valence-corrected chi connectivity index (χ4v) is 2.92. The van der Waals surface area contributed by atoms with E-state index < -0.39 is 0 Å². The molecule has 1 aromatic carbocycles. The number of hydrogen-bond donors (Lipinski definition) is 1. The Hall–Kier alpha value is -1.12. The summed E-state index contributed by atoms with van der Waals surface area (Å²) >= 11 is 1.72. The summed E-state index contributed by atoms with van der Waals surface area (Å²) in [6.07, 6.45) is 0. The van der Waals surface area contributed by atoms with E-state index in [-0.39, 0.29) is 6.04 Å². The fraction of sp³-hybridized carbons (Fsp3) is 0.286. The Morgan fingerprint density at radius 2 is 1.75 bits per heavy atom. The quantitative estimate of drug-likeness (QED) is 0.837. The average Bonchev–Trinajstić information content (AvgIpc) is 2.63. The van der Waals surface area contributed by atoms with Crippen LogP contribution in [0.2, 0.25) is 0 Å². The van der Waals surface area contributed by atoms with Crippen molar-refractivity contribution in [3.8, 4) is 0 Å². The maximum Gasteiger partial charge on any atom is 0.0565 e. The van der Waals surface area contributed by atoms with Crippen LogP contribution in [0.4, 0.5) is 0 Å². The van der Waals surface area contributed by atoms with Gasteiger partial charge in [-0.2, -0.15) is 11.3 Å². The molecule has 2 rings (SSSR count). The molecule has 0 aliphatic heterocycles. The van der Waals surface area contributed by atoms with E-state index in [2.05, 4.69) is 49.7 Å². The molecule has 84 valence electrons. The van der Waals surface area contributed by atoms with Gasteiger partial charge in [0, 0.05) is 0 Å². The highest BCUT2D eigenvalue weighted by Gasteiger charge is 2.13. The van der Waals surface area contributed by atoms with Crippen LogP contribution in [0.3, 0.4) is 0 Å². The van der Waals surface area contributed by atoms with Crippen molar-refractivity contribution >= 4 is 11.3 Å². The summed E-state index contributed by atoms with van der Waals surface area (Å²) in [5.41, 5.74) is 12.6. The molecular formula is C14H17NS. The molecule has 0 aliphatic rings. The van der Waals surface area contributed by atoms with Gasteiger partial charge in [0.2, 0.25) is 0 Å². The molecule has 0 amide bonds. The van der Waals surface area contributed by atoms with Gasteiger partial charge in [0.1, 0.15) is 0 Å². The Morgan fingerprint density at radius 3 is 2.31 bits per heavy atom. The van der Waals surface area contributed by atoms with Gasteiger partial charge in [0.05, 0.1) is 6.04 Å². The van der Waals surface area contributed by atoms with Crippen LogP contribution in [0.5, 0.6) is 0 Å². The van der Waals surface area contributed by atoms with Crippen molar-refractivity contribution in [1.29, 1.82) is 0 Å². The van der Waals surface area contributed by atoms with Crippen molar-refractivity contribution in [3.05, 3.63) is 56.8 Å². The third-order valence-corrected chi connectivity index (χ3v) is 3.87. The zero-order valence-electron chi connectivity index (χ0n) is 9.95. The Bertz CT molecular complexity index is 499. The number of aryl methyl sites for hydroxylation is 3. The van der Waals surface area contributed by atoms with Crippen LogP contribution in [0.1, 0.15) is 33.9 Å². The number of thiophene rings is 1. The number of nitrogens with two attached hydrogens (primary N) is 1. The average molecular weight is 231 g/mol. The predicted molar refractivity (Wildman–Crippen MR) is 71.0 cm³/mol. The topological polar surface area (TPSA) is 26.0 Å². The van der Waals surface area contributed by atoms with E-state index in [0.717, 1.165) is 0 Å². The summed E-state index contributed by atoms with van der Waals surface area (Å²) in [5, 5.41) is 4.30. The first-order valence-electron chi connectivity index (χ1n) is 5.45. The lowest BCUT2D eigenvalue weighted by Crippen LogP contribution is -2.13. The van der Waals surface area contributed by atoms with E-state index >= 15 is 0 Å². The van der Waals surface area contributed by atoms with E-state index in [1.165, 1.54) is 27.8 Å². The highest BCUT2D eigenvalue weighted by atomic mass is 32.1. The molecule has 0 fully saturated rings. The van der Waals surface area contributed by atoms with Crippen LogP contribution < -0.4 is 5.73 Å². The van der Waals surface area contributed by atoms with Gasteiger partial charge < -0.3 is 5.73 Å². The molecule has 0 saturated heterocycles. The van der Waals surface area contributed by atoms with Crippen molar-refractivity contribution in [3.63, 3.8) is 0 Å². The van der Waals surface area contributed by atoms with E-state index in [1.807, 2.05) is 0 Å². The Labute approximate surface area is 101 Å². The minimum Gasteiger partial charge on any atom is -0.320 e. The summed E-state index contributed by atoms with van der Waals surface area (Å²) in [7, 11) is 0. The summed E-state index contributed by atoms with van der Waals surface area (Å²) in [6, 6.07) is 6.47. The van der Waals surface area contributed by atoms with E-state index in [1.54, 1.807) is 11.3 Å². The maximum atomic E-state index is 6.32. The number of hydrogen-bond acceptors (Lipinski definition) is 2. The van der Waals surface area contributed by atoms with Crippen molar-refractivity contribution in [2.45, 2.75) is 26.8 Å².